The fourth-order valence-electron chi connectivity index (χ4n) is 1.89. The Morgan fingerprint density at radius 3 is 2.47 bits per heavy atom. The fraction of sp³-hybridized carbons (Fsp3) is 0.308. The Kier molecular flexibility index (Phi) is 3.62. The first-order valence-corrected chi connectivity index (χ1v) is 5.94. The summed E-state index contributed by atoms with van der Waals surface area (Å²) in [4.78, 5) is 35.9. The van der Waals surface area contributed by atoms with Crippen molar-refractivity contribution in [2.75, 3.05) is 11.5 Å². The van der Waals surface area contributed by atoms with Crippen LogP contribution in [0.5, 0.6) is 0 Å². The number of amides is 2. The summed E-state index contributed by atoms with van der Waals surface area (Å²) < 4.78 is 4.85. The topological polar surface area (TPSA) is 89.7 Å². The molecule has 1 aromatic carbocycles. The molecule has 100 valence electrons. The van der Waals surface area contributed by atoms with Gasteiger partial charge in [0.15, 0.2) is 0 Å². The summed E-state index contributed by atoms with van der Waals surface area (Å²) in [5, 5.41) is 0. The SMILES string of the molecule is CCOC(=O)c1ccc(N2C(=O)C[C@@H](N)C2=O)cc1. The normalized spacial score (nSPS) is 18.8. The Morgan fingerprint density at radius 2 is 2.00 bits per heavy atom. The van der Waals surface area contributed by atoms with E-state index in [2.05, 4.69) is 0 Å². The minimum Gasteiger partial charge on any atom is -0.462 e. The average Bonchev–Trinajstić information content (AvgIpc) is 2.64. The zero-order chi connectivity index (χ0) is 14.0. The molecule has 1 aliphatic rings. The predicted octanol–water partition coefficient (Wildman–Crippen LogP) is 0.454. The van der Waals surface area contributed by atoms with Crippen LogP contribution in [0.4, 0.5) is 5.69 Å². The van der Waals surface area contributed by atoms with Gasteiger partial charge in [0.2, 0.25) is 5.91 Å². The monoisotopic (exact) mass is 262 g/mol. The summed E-state index contributed by atoms with van der Waals surface area (Å²) in [7, 11) is 0. The van der Waals surface area contributed by atoms with Gasteiger partial charge in [0.25, 0.3) is 5.91 Å². The fourth-order valence-corrected chi connectivity index (χ4v) is 1.89. The van der Waals surface area contributed by atoms with E-state index in [0.29, 0.717) is 17.9 Å². The second-order valence-electron chi connectivity index (χ2n) is 4.15. The molecule has 2 rings (SSSR count). The number of hydrogen-bond acceptors (Lipinski definition) is 5. The number of imide groups is 1. The van der Waals surface area contributed by atoms with Gasteiger partial charge in [-0.05, 0) is 31.2 Å². The van der Waals surface area contributed by atoms with Crippen LogP contribution in [0.25, 0.3) is 0 Å². The number of esters is 1. The molecule has 1 saturated heterocycles. The summed E-state index contributed by atoms with van der Waals surface area (Å²) in [6, 6.07) is 5.30. The molecule has 0 saturated carbocycles. The highest BCUT2D eigenvalue weighted by molar-refractivity contribution is 6.22. The van der Waals surface area contributed by atoms with E-state index >= 15 is 0 Å². The van der Waals surface area contributed by atoms with E-state index in [1.165, 1.54) is 24.3 Å². The van der Waals surface area contributed by atoms with Gasteiger partial charge in [0.1, 0.15) is 0 Å². The van der Waals surface area contributed by atoms with Gasteiger partial charge in [-0.3, -0.25) is 9.59 Å². The molecule has 19 heavy (non-hydrogen) atoms. The number of ether oxygens (including phenoxy) is 1. The standard InChI is InChI=1S/C13H14N2O4/c1-2-19-13(18)8-3-5-9(6-4-8)15-11(16)7-10(14)12(15)17/h3-6,10H,2,7,14H2,1H3/t10-/m1/s1. The molecule has 1 heterocycles. The van der Waals surface area contributed by atoms with Gasteiger partial charge in [-0.15, -0.1) is 0 Å². The van der Waals surface area contributed by atoms with Crippen LogP contribution in [0, 0.1) is 0 Å². The summed E-state index contributed by atoms with van der Waals surface area (Å²) in [5.74, 6) is -1.19. The second kappa shape index (κ2) is 5.19. The number of hydrogen-bond donors (Lipinski definition) is 1. The van der Waals surface area contributed by atoms with Crippen molar-refractivity contribution in [3.63, 3.8) is 0 Å². The number of nitrogens with zero attached hydrogens (tertiary/aromatic N) is 1. The maximum absolute atomic E-state index is 11.7. The molecule has 0 spiro atoms. The highest BCUT2D eigenvalue weighted by Crippen LogP contribution is 2.22. The lowest BCUT2D eigenvalue weighted by Gasteiger charge is -2.14. The largest absolute Gasteiger partial charge is 0.462 e. The maximum Gasteiger partial charge on any atom is 0.338 e. The number of benzene rings is 1. The first kappa shape index (κ1) is 13.2. The molecule has 0 radical (unpaired) electrons. The molecule has 0 aromatic heterocycles. The summed E-state index contributed by atoms with van der Waals surface area (Å²) in [6.45, 7) is 2.01. The van der Waals surface area contributed by atoms with E-state index in [9.17, 15) is 14.4 Å². The Labute approximate surface area is 110 Å². The lowest BCUT2D eigenvalue weighted by atomic mass is 10.2. The van der Waals surface area contributed by atoms with Crippen LogP contribution < -0.4 is 10.6 Å². The van der Waals surface area contributed by atoms with Crippen molar-refractivity contribution in [1.29, 1.82) is 0 Å². The third kappa shape index (κ3) is 2.48. The molecular weight excluding hydrogens is 248 g/mol. The van der Waals surface area contributed by atoms with Crippen LogP contribution in [0.3, 0.4) is 0 Å². The van der Waals surface area contributed by atoms with Crippen molar-refractivity contribution in [3.05, 3.63) is 29.8 Å². The van der Waals surface area contributed by atoms with Crippen molar-refractivity contribution in [2.45, 2.75) is 19.4 Å². The van der Waals surface area contributed by atoms with Crippen molar-refractivity contribution in [2.24, 2.45) is 5.73 Å². The summed E-state index contributed by atoms with van der Waals surface area (Å²) in [5.41, 5.74) is 6.31. The molecule has 2 amide bonds. The summed E-state index contributed by atoms with van der Waals surface area (Å²) >= 11 is 0. The average molecular weight is 262 g/mol. The van der Waals surface area contributed by atoms with Gasteiger partial charge in [0, 0.05) is 0 Å². The van der Waals surface area contributed by atoms with Gasteiger partial charge in [0.05, 0.1) is 30.3 Å². The van der Waals surface area contributed by atoms with E-state index in [1.54, 1.807) is 6.92 Å². The van der Waals surface area contributed by atoms with Crippen LogP contribution in [-0.4, -0.2) is 30.4 Å². The molecule has 0 bridgehead atoms. The minimum absolute atomic E-state index is 0.0124. The Morgan fingerprint density at radius 1 is 1.37 bits per heavy atom. The second-order valence-corrected chi connectivity index (χ2v) is 4.15. The molecular formula is C13H14N2O4. The number of carbonyl (C=O) groups excluding carboxylic acids is 3. The van der Waals surface area contributed by atoms with E-state index in [1.807, 2.05) is 0 Å². The van der Waals surface area contributed by atoms with Gasteiger partial charge in [-0.1, -0.05) is 0 Å². The predicted molar refractivity (Wildman–Crippen MR) is 67.5 cm³/mol. The minimum atomic E-state index is -0.780. The van der Waals surface area contributed by atoms with Gasteiger partial charge in [-0.25, -0.2) is 9.69 Å². The van der Waals surface area contributed by atoms with Crippen LogP contribution in [0.2, 0.25) is 0 Å². The molecule has 1 aromatic rings. The van der Waals surface area contributed by atoms with E-state index < -0.39 is 17.9 Å². The van der Waals surface area contributed by atoms with E-state index in [-0.39, 0.29) is 12.3 Å². The quantitative estimate of drug-likeness (QED) is 0.631. The molecule has 1 fully saturated rings. The molecule has 1 atom stereocenters. The van der Waals surface area contributed by atoms with Crippen LogP contribution in [-0.2, 0) is 14.3 Å². The van der Waals surface area contributed by atoms with Crippen molar-refractivity contribution in [3.8, 4) is 0 Å². The maximum atomic E-state index is 11.7. The molecule has 2 N–H and O–H groups in total. The van der Waals surface area contributed by atoms with Crippen molar-refractivity contribution >= 4 is 23.5 Å². The highest BCUT2D eigenvalue weighted by atomic mass is 16.5. The van der Waals surface area contributed by atoms with Gasteiger partial charge < -0.3 is 10.5 Å². The lowest BCUT2D eigenvalue weighted by molar-refractivity contribution is -0.121. The van der Waals surface area contributed by atoms with Crippen LogP contribution in [0.15, 0.2) is 24.3 Å². The highest BCUT2D eigenvalue weighted by Gasteiger charge is 2.37. The lowest BCUT2D eigenvalue weighted by Crippen LogP contribution is -2.35. The third-order valence-corrected chi connectivity index (χ3v) is 2.82. The molecule has 1 aliphatic heterocycles. The molecule has 0 aliphatic carbocycles. The zero-order valence-electron chi connectivity index (χ0n) is 10.5. The number of anilines is 1. The zero-order valence-corrected chi connectivity index (χ0v) is 10.5. The first-order valence-electron chi connectivity index (χ1n) is 5.94. The third-order valence-electron chi connectivity index (χ3n) is 2.82. The number of nitrogens with two attached hydrogens (primary N) is 1. The van der Waals surface area contributed by atoms with Crippen LogP contribution in [0.1, 0.15) is 23.7 Å². The van der Waals surface area contributed by atoms with Crippen molar-refractivity contribution in [1.82, 2.24) is 0 Å². The Balaban J connectivity index is 2.21. The Hall–Kier alpha value is -2.21. The molecule has 6 nitrogen and oxygen atoms in total. The number of rotatable bonds is 3. The van der Waals surface area contributed by atoms with Gasteiger partial charge >= 0.3 is 5.97 Å². The number of carbonyl (C=O) groups is 3. The van der Waals surface area contributed by atoms with E-state index in [0.717, 1.165) is 4.90 Å². The van der Waals surface area contributed by atoms with E-state index in [4.69, 9.17) is 10.5 Å². The van der Waals surface area contributed by atoms with Gasteiger partial charge in [-0.2, -0.15) is 0 Å². The van der Waals surface area contributed by atoms with Crippen molar-refractivity contribution < 1.29 is 19.1 Å². The van der Waals surface area contributed by atoms with Crippen LogP contribution >= 0.6 is 0 Å². The molecule has 0 unspecified atom stereocenters. The Bertz CT molecular complexity index is 524. The first-order chi connectivity index (χ1) is 9.04. The summed E-state index contributed by atoms with van der Waals surface area (Å²) in [6.07, 6.45) is 0.0124. The molecule has 6 heteroatoms. The smallest absolute Gasteiger partial charge is 0.338 e.